The lowest BCUT2D eigenvalue weighted by atomic mass is 9.82. The highest BCUT2D eigenvalue weighted by atomic mass is 16.2. The topological polar surface area (TPSA) is 56.7 Å². The van der Waals surface area contributed by atoms with E-state index in [1.165, 1.54) is 11.1 Å². The molecule has 1 saturated heterocycles. The van der Waals surface area contributed by atoms with E-state index in [0.29, 0.717) is 6.42 Å². The largest absolute Gasteiger partial charge is 0.356 e. The Morgan fingerprint density at radius 3 is 2.72 bits per heavy atom. The zero-order valence-corrected chi connectivity index (χ0v) is 16.2. The number of aliphatic imine (C=N–C) groups is 1. The molecule has 1 heterocycles. The Morgan fingerprint density at radius 2 is 2.08 bits per heavy atom. The molecule has 25 heavy (non-hydrogen) atoms. The van der Waals surface area contributed by atoms with Gasteiger partial charge in [-0.15, -0.1) is 0 Å². The Kier molecular flexibility index (Phi) is 6.45. The predicted octanol–water partition coefficient (Wildman–Crippen LogP) is 2.45. The molecule has 138 valence electrons. The van der Waals surface area contributed by atoms with Gasteiger partial charge in [-0.2, -0.15) is 0 Å². The number of nitrogens with one attached hydrogen (secondary N) is 2. The first-order valence-corrected chi connectivity index (χ1v) is 9.18. The number of aryl methyl sites for hydroxylation is 1. The van der Waals surface area contributed by atoms with Crippen molar-refractivity contribution in [2.24, 2.45) is 4.99 Å². The first-order chi connectivity index (χ1) is 11.9. The molecule has 1 amide bonds. The van der Waals surface area contributed by atoms with E-state index >= 15 is 0 Å². The maximum Gasteiger partial charge on any atom is 0.222 e. The van der Waals surface area contributed by atoms with E-state index in [1.54, 1.807) is 7.05 Å². The van der Waals surface area contributed by atoms with E-state index in [2.05, 4.69) is 60.7 Å². The molecule has 2 N–H and O–H groups in total. The number of hydrogen-bond acceptors (Lipinski definition) is 2. The molecule has 1 aliphatic heterocycles. The first kappa shape index (κ1) is 19.3. The van der Waals surface area contributed by atoms with Gasteiger partial charge >= 0.3 is 0 Å². The van der Waals surface area contributed by atoms with Crippen LogP contribution in [0.2, 0.25) is 0 Å². The summed E-state index contributed by atoms with van der Waals surface area (Å²) in [5, 5.41) is 6.91. The normalized spacial score (nSPS) is 18.4. The van der Waals surface area contributed by atoms with Crippen molar-refractivity contribution in [3.63, 3.8) is 0 Å². The van der Waals surface area contributed by atoms with Crippen LogP contribution < -0.4 is 10.6 Å². The number of carbonyl (C=O) groups is 1. The smallest absolute Gasteiger partial charge is 0.222 e. The van der Waals surface area contributed by atoms with Crippen molar-refractivity contribution < 1.29 is 4.79 Å². The molecule has 1 aliphatic rings. The van der Waals surface area contributed by atoms with Crippen LogP contribution in [0.25, 0.3) is 0 Å². The number of guanidine groups is 1. The van der Waals surface area contributed by atoms with Gasteiger partial charge in [0, 0.05) is 44.6 Å². The number of carbonyl (C=O) groups excluding carboxylic acids is 1. The van der Waals surface area contributed by atoms with Crippen molar-refractivity contribution in [1.29, 1.82) is 0 Å². The minimum absolute atomic E-state index is 0.00283. The second-order valence-corrected chi connectivity index (χ2v) is 7.45. The van der Waals surface area contributed by atoms with Gasteiger partial charge in [0.1, 0.15) is 0 Å². The highest BCUT2D eigenvalue weighted by Gasteiger charge is 2.27. The van der Waals surface area contributed by atoms with Crippen LogP contribution >= 0.6 is 0 Å². The molecular weight excluding hydrogens is 312 g/mol. The summed E-state index contributed by atoms with van der Waals surface area (Å²) in [6.07, 6.45) is 1.54. The van der Waals surface area contributed by atoms with Crippen LogP contribution in [0, 0.1) is 6.92 Å². The van der Waals surface area contributed by atoms with Gasteiger partial charge in [0.15, 0.2) is 5.96 Å². The summed E-state index contributed by atoms with van der Waals surface area (Å²) in [7, 11) is 1.79. The molecule has 1 fully saturated rings. The van der Waals surface area contributed by atoms with Gasteiger partial charge in [-0.25, -0.2) is 0 Å². The fourth-order valence-electron chi connectivity index (χ4n) is 3.45. The van der Waals surface area contributed by atoms with Crippen LogP contribution in [0.3, 0.4) is 0 Å². The average Bonchev–Trinajstić information content (AvgIpc) is 3.06. The zero-order valence-electron chi connectivity index (χ0n) is 16.2. The molecule has 0 aromatic heterocycles. The number of likely N-dealkylation sites (tertiary alicyclic amines) is 1. The van der Waals surface area contributed by atoms with Crippen LogP contribution in [0.5, 0.6) is 0 Å². The SMILES string of the molecule is CCC(=O)N1CCC(NC(=NC)NCC(C)(C)c2ccccc2C)C1. The van der Waals surface area contributed by atoms with Gasteiger partial charge in [-0.3, -0.25) is 9.79 Å². The lowest BCUT2D eigenvalue weighted by Gasteiger charge is -2.29. The Bertz CT molecular complexity index is 624. The fraction of sp³-hybridized carbons (Fsp3) is 0.600. The standard InChI is InChI=1S/C20H32N4O/c1-6-18(25)24-12-11-16(13-24)23-19(21-5)22-14-20(3,4)17-10-8-7-9-15(17)2/h7-10,16H,6,11-14H2,1-5H3,(H2,21,22,23). The van der Waals surface area contributed by atoms with Crippen molar-refractivity contribution in [2.45, 2.75) is 52.0 Å². The molecule has 0 bridgehead atoms. The maximum atomic E-state index is 11.8. The summed E-state index contributed by atoms with van der Waals surface area (Å²) in [6, 6.07) is 8.78. The number of nitrogens with zero attached hydrogens (tertiary/aromatic N) is 2. The second-order valence-electron chi connectivity index (χ2n) is 7.45. The monoisotopic (exact) mass is 344 g/mol. The van der Waals surface area contributed by atoms with Crippen LogP contribution in [0.15, 0.2) is 29.3 Å². The van der Waals surface area contributed by atoms with Gasteiger partial charge < -0.3 is 15.5 Å². The predicted molar refractivity (Wildman–Crippen MR) is 104 cm³/mol. The highest BCUT2D eigenvalue weighted by Crippen LogP contribution is 2.25. The molecule has 5 heteroatoms. The second kappa shape index (κ2) is 8.37. The number of benzene rings is 1. The van der Waals surface area contributed by atoms with Crippen LogP contribution in [0.4, 0.5) is 0 Å². The van der Waals surface area contributed by atoms with Gasteiger partial charge in [-0.1, -0.05) is 45.0 Å². The molecular formula is C20H32N4O. The van der Waals surface area contributed by atoms with E-state index in [9.17, 15) is 4.79 Å². The number of rotatable bonds is 5. The quantitative estimate of drug-likeness (QED) is 0.637. The van der Waals surface area contributed by atoms with Crippen LogP contribution in [-0.2, 0) is 10.2 Å². The Morgan fingerprint density at radius 1 is 1.36 bits per heavy atom. The Labute approximate surface area is 151 Å². The average molecular weight is 345 g/mol. The summed E-state index contributed by atoms with van der Waals surface area (Å²) in [6.45, 7) is 10.9. The van der Waals surface area contributed by atoms with Crippen molar-refractivity contribution in [1.82, 2.24) is 15.5 Å². The van der Waals surface area contributed by atoms with E-state index < -0.39 is 0 Å². The number of hydrogen-bond donors (Lipinski definition) is 2. The van der Waals surface area contributed by atoms with E-state index in [-0.39, 0.29) is 17.4 Å². The minimum Gasteiger partial charge on any atom is -0.356 e. The lowest BCUT2D eigenvalue weighted by molar-refractivity contribution is -0.129. The summed E-state index contributed by atoms with van der Waals surface area (Å²) in [4.78, 5) is 18.1. The molecule has 0 aliphatic carbocycles. The Hall–Kier alpha value is -2.04. The fourth-order valence-corrected chi connectivity index (χ4v) is 3.45. The van der Waals surface area contributed by atoms with Gasteiger partial charge in [0.05, 0.1) is 0 Å². The van der Waals surface area contributed by atoms with Gasteiger partial charge in [0.25, 0.3) is 0 Å². The third-order valence-corrected chi connectivity index (χ3v) is 4.98. The summed E-state index contributed by atoms with van der Waals surface area (Å²) < 4.78 is 0. The third kappa shape index (κ3) is 4.97. The van der Waals surface area contributed by atoms with Gasteiger partial charge in [0.2, 0.25) is 5.91 Å². The molecule has 2 rings (SSSR count). The first-order valence-electron chi connectivity index (χ1n) is 9.18. The minimum atomic E-state index is 0.00283. The van der Waals surface area contributed by atoms with Crippen molar-refractivity contribution in [3.8, 4) is 0 Å². The summed E-state index contributed by atoms with van der Waals surface area (Å²) >= 11 is 0. The van der Waals surface area contributed by atoms with Crippen molar-refractivity contribution in [3.05, 3.63) is 35.4 Å². The van der Waals surface area contributed by atoms with Crippen LogP contribution in [-0.4, -0.2) is 49.5 Å². The highest BCUT2D eigenvalue weighted by molar-refractivity contribution is 5.80. The van der Waals surface area contributed by atoms with Crippen molar-refractivity contribution >= 4 is 11.9 Å². The van der Waals surface area contributed by atoms with Crippen LogP contribution in [0.1, 0.15) is 44.7 Å². The summed E-state index contributed by atoms with van der Waals surface area (Å²) in [5.74, 6) is 1.03. The molecule has 1 aromatic rings. The van der Waals surface area contributed by atoms with E-state index in [4.69, 9.17) is 0 Å². The number of amides is 1. The summed E-state index contributed by atoms with van der Waals surface area (Å²) in [5.41, 5.74) is 2.66. The third-order valence-electron chi connectivity index (χ3n) is 4.98. The molecule has 1 unspecified atom stereocenters. The molecule has 1 atom stereocenters. The molecule has 0 radical (unpaired) electrons. The van der Waals surface area contributed by atoms with E-state index in [1.807, 2.05) is 11.8 Å². The van der Waals surface area contributed by atoms with E-state index in [0.717, 1.165) is 32.0 Å². The zero-order chi connectivity index (χ0) is 18.4. The molecule has 5 nitrogen and oxygen atoms in total. The molecule has 0 saturated carbocycles. The van der Waals surface area contributed by atoms with Gasteiger partial charge in [-0.05, 0) is 24.5 Å². The Balaban J connectivity index is 1.91. The molecule has 1 aromatic carbocycles. The maximum absolute atomic E-state index is 11.8. The van der Waals surface area contributed by atoms with Crippen molar-refractivity contribution in [2.75, 3.05) is 26.7 Å². The molecule has 0 spiro atoms. The lowest BCUT2D eigenvalue weighted by Crippen LogP contribution is -2.48.